The minimum Gasteiger partial charge on any atom is -0.353 e. The first-order chi connectivity index (χ1) is 17.0. The lowest BCUT2D eigenvalue weighted by Gasteiger charge is -2.45. The highest BCUT2D eigenvalue weighted by molar-refractivity contribution is 5.99. The molecule has 0 radical (unpaired) electrons. The summed E-state index contributed by atoms with van der Waals surface area (Å²) in [6, 6.07) is 10.4. The summed E-state index contributed by atoms with van der Waals surface area (Å²) >= 11 is 0. The van der Waals surface area contributed by atoms with Gasteiger partial charge in [0.2, 0.25) is 11.8 Å². The number of rotatable bonds is 5. The van der Waals surface area contributed by atoms with Gasteiger partial charge in [0, 0.05) is 56.4 Å². The number of amides is 3. The largest absolute Gasteiger partial charge is 0.353 e. The van der Waals surface area contributed by atoms with Crippen LogP contribution < -0.4 is 5.32 Å². The number of nitrogens with one attached hydrogen (secondary N) is 1. The first kappa shape index (κ1) is 23.5. The number of pyridine rings is 1. The standard InChI is InChI=1S/C27H32N4O4/c1-19-5-2-3-8-22(19)26(34)31-23(24(32)29-17-20-9-13-28-14-10-20)18-35-27(31)11-15-30(16-12-27)25(33)21-6-4-7-21/h2-3,5,8-10,13-14,21,23H,4,6-7,11-12,15-18H2,1H3,(H,29,32)/t23-/m1/s1. The number of aryl methyl sites for hydroxylation is 1. The third kappa shape index (κ3) is 4.55. The van der Waals surface area contributed by atoms with Crippen LogP contribution >= 0.6 is 0 Å². The van der Waals surface area contributed by atoms with Crippen LogP contribution in [0.3, 0.4) is 0 Å². The third-order valence-corrected chi connectivity index (χ3v) is 7.68. The smallest absolute Gasteiger partial charge is 0.257 e. The number of nitrogens with zero attached hydrogens (tertiary/aromatic N) is 3. The van der Waals surface area contributed by atoms with Gasteiger partial charge in [-0.1, -0.05) is 24.6 Å². The molecule has 3 aliphatic rings. The Bertz CT molecular complexity index is 1090. The molecule has 1 aromatic heterocycles. The van der Waals surface area contributed by atoms with E-state index in [0.717, 1.165) is 30.4 Å². The number of carbonyl (C=O) groups is 3. The van der Waals surface area contributed by atoms with Crippen LogP contribution in [0.4, 0.5) is 0 Å². The Morgan fingerprint density at radius 3 is 2.46 bits per heavy atom. The third-order valence-electron chi connectivity index (χ3n) is 7.68. The molecule has 0 bridgehead atoms. The quantitative estimate of drug-likeness (QED) is 0.717. The van der Waals surface area contributed by atoms with Gasteiger partial charge in [-0.2, -0.15) is 0 Å². The van der Waals surface area contributed by atoms with E-state index in [1.807, 2.05) is 42.2 Å². The van der Waals surface area contributed by atoms with Crippen molar-refractivity contribution >= 4 is 17.7 Å². The van der Waals surface area contributed by atoms with Crippen molar-refractivity contribution < 1.29 is 19.1 Å². The second kappa shape index (κ2) is 9.77. The van der Waals surface area contributed by atoms with E-state index in [-0.39, 0.29) is 30.2 Å². The lowest BCUT2D eigenvalue weighted by molar-refractivity contribution is -0.149. The van der Waals surface area contributed by atoms with Crippen LogP contribution in [0.15, 0.2) is 48.8 Å². The molecular weight excluding hydrogens is 444 g/mol. The maximum atomic E-state index is 13.9. The van der Waals surface area contributed by atoms with Crippen LogP contribution in [0.5, 0.6) is 0 Å². The Balaban J connectivity index is 1.36. The second-order valence-corrected chi connectivity index (χ2v) is 9.79. The maximum Gasteiger partial charge on any atom is 0.257 e. The summed E-state index contributed by atoms with van der Waals surface area (Å²) in [5.74, 6) is -0.0884. The van der Waals surface area contributed by atoms with Crippen molar-refractivity contribution in [1.29, 1.82) is 0 Å². The number of ether oxygens (including phenoxy) is 1. The number of hydrogen-bond acceptors (Lipinski definition) is 5. The highest BCUT2D eigenvalue weighted by atomic mass is 16.5. The maximum absolute atomic E-state index is 13.9. The van der Waals surface area contributed by atoms with Crippen LogP contribution in [0, 0.1) is 12.8 Å². The van der Waals surface area contributed by atoms with E-state index in [1.54, 1.807) is 23.4 Å². The Morgan fingerprint density at radius 1 is 1.09 bits per heavy atom. The predicted octanol–water partition coefficient (Wildman–Crippen LogP) is 2.67. The average Bonchev–Trinajstić information content (AvgIpc) is 3.21. The number of aromatic nitrogens is 1. The van der Waals surface area contributed by atoms with E-state index >= 15 is 0 Å². The van der Waals surface area contributed by atoms with Gasteiger partial charge in [-0.15, -0.1) is 0 Å². The van der Waals surface area contributed by atoms with E-state index < -0.39 is 11.8 Å². The molecule has 1 N–H and O–H groups in total. The van der Waals surface area contributed by atoms with Crippen LogP contribution in [0.25, 0.3) is 0 Å². The zero-order chi connectivity index (χ0) is 24.4. The van der Waals surface area contributed by atoms with Crippen molar-refractivity contribution in [1.82, 2.24) is 20.1 Å². The molecule has 1 aliphatic carbocycles. The molecular formula is C27H32N4O4. The summed E-state index contributed by atoms with van der Waals surface area (Å²) in [6.45, 7) is 3.43. The van der Waals surface area contributed by atoms with Gasteiger partial charge in [-0.3, -0.25) is 24.3 Å². The van der Waals surface area contributed by atoms with Crippen molar-refractivity contribution in [2.75, 3.05) is 19.7 Å². The molecule has 2 aliphatic heterocycles. The normalized spacial score (nSPS) is 21.6. The SMILES string of the molecule is Cc1ccccc1C(=O)N1[C@@H](C(=O)NCc2ccncc2)COC12CCN(C(=O)C1CCC1)CC2. The Labute approximate surface area is 205 Å². The molecule has 3 fully saturated rings. The van der Waals surface area contributed by atoms with E-state index in [0.29, 0.717) is 38.0 Å². The first-order valence-electron chi connectivity index (χ1n) is 12.5. The number of likely N-dealkylation sites (tertiary alicyclic amines) is 1. The van der Waals surface area contributed by atoms with Crippen LogP contribution in [0.2, 0.25) is 0 Å². The summed E-state index contributed by atoms with van der Waals surface area (Å²) in [6.07, 6.45) is 7.41. The first-order valence-corrected chi connectivity index (χ1v) is 12.5. The molecule has 3 heterocycles. The monoisotopic (exact) mass is 476 g/mol. The van der Waals surface area contributed by atoms with Gasteiger partial charge in [0.05, 0.1) is 6.61 Å². The molecule has 1 atom stereocenters. The Hall–Kier alpha value is -3.26. The number of hydrogen-bond donors (Lipinski definition) is 1. The fourth-order valence-electron chi connectivity index (χ4n) is 5.31. The highest BCUT2D eigenvalue weighted by Crippen LogP contribution is 2.40. The Kier molecular flexibility index (Phi) is 6.56. The van der Waals surface area contributed by atoms with Crippen LogP contribution in [0.1, 0.15) is 53.6 Å². The molecule has 8 heteroatoms. The molecule has 184 valence electrons. The molecule has 2 aromatic rings. The van der Waals surface area contributed by atoms with Gasteiger partial charge in [0.15, 0.2) is 0 Å². The van der Waals surface area contributed by atoms with E-state index in [9.17, 15) is 14.4 Å². The molecule has 3 amide bonds. The van der Waals surface area contributed by atoms with Crippen molar-refractivity contribution in [3.63, 3.8) is 0 Å². The van der Waals surface area contributed by atoms with Crippen LogP contribution in [-0.4, -0.2) is 64.0 Å². The average molecular weight is 477 g/mol. The topological polar surface area (TPSA) is 91.8 Å². The number of piperidine rings is 1. The van der Waals surface area contributed by atoms with Crippen molar-refractivity contribution in [2.45, 2.75) is 57.3 Å². The molecule has 35 heavy (non-hydrogen) atoms. The van der Waals surface area contributed by atoms with Crippen molar-refractivity contribution in [3.8, 4) is 0 Å². The second-order valence-electron chi connectivity index (χ2n) is 9.79. The van der Waals surface area contributed by atoms with Crippen molar-refractivity contribution in [2.24, 2.45) is 5.92 Å². The molecule has 1 aromatic carbocycles. The molecule has 1 saturated carbocycles. The molecule has 0 unspecified atom stereocenters. The fraction of sp³-hybridized carbons (Fsp3) is 0.481. The van der Waals surface area contributed by atoms with Gasteiger partial charge >= 0.3 is 0 Å². The molecule has 8 nitrogen and oxygen atoms in total. The van der Waals surface area contributed by atoms with Gasteiger partial charge < -0.3 is 15.0 Å². The highest BCUT2D eigenvalue weighted by Gasteiger charge is 2.54. The summed E-state index contributed by atoms with van der Waals surface area (Å²) in [4.78, 5) is 47.6. The van der Waals surface area contributed by atoms with Gasteiger partial charge in [-0.05, 0) is 49.1 Å². The summed E-state index contributed by atoms with van der Waals surface area (Å²) < 4.78 is 6.29. The Morgan fingerprint density at radius 2 is 1.80 bits per heavy atom. The summed E-state index contributed by atoms with van der Waals surface area (Å²) in [5, 5.41) is 2.97. The van der Waals surface area contributed by atoms with Gasteiger partial charge in [0.25, 0.3) is 5.91 Å². The zero-order valence-corrected chi connectivity index (χ0v) is 20.1. The molecule has 2 saturated heterocycles. The molecule has 1 spiro atoms. The lowest BCUT2D eigenvalue weighted by atomic mass is 9.83. The minimum atomic E-state index is -0.894. The van der Waals surface area contributed by atoms with Crippen molar-refractivity contribution in [3.05, 3.63) is 65.5 Å². The summed E-state index contributed by atoms with van der Waals surface area (Å²) in [5.41, 5.74) is 1.46. The van der Waals surface area contributed by atoms with Gasteiger partial charge in [0.1, 0.15) is 11.8 Å². The fourth-order valence-corrected chi connectivity index (χ4v) is 5.31. The van der Waals surface area contributed by atoms with E-state index in [1.165, 1.54) is 0 Å². The van der Waals surface area contributed by atoms with Crippen LogP contribution in [-0.2, 0) is 20.9 Å². The summed E-state index contributed by atoms with van der Waals surface area (Å²) in [7, 11) is 0. The van der Waals surface area contributed by atoms with Gasteiger partial charge in [-0.25, -0.2) is 0 Å². The zero-order valence-electron chi connectivity index (χ0n) is 20.1. The number of benzene rings is 1. The number of carbonyl (C=O) groups excluding carboxylic acids is 3. The minimum absolute atomic E-state index is 0.135. The predicted molar refractivity (Wildman–Crippen MR) is 129 cm³/mol. The van der Waals surface area contributed by atoms with E-state index in [2.05, 4.69) is 10.3 Å². The van der Waals surface area contributed by atoms with E-state index in [4.69, 9.17) is 4.74 Å². The molecule has 5 rings (SSSR count). The lowest BCUT2D eigenvalue weighted by Crippen LogP contribution is -2.60.